The Hall–Kier alpha value is -1.50. The molecule has 0 aliphatic carbocycles. The van der Waals surface area contributed by atoms with E-state index in [0.29, 0.717) is 17.0 Å². The molecular weight excluding hydrogens is 254 g/mol. The molecule has 102 valence electrons. The van der Waals surface area contributed by atoms with Crippen LogP contribution in [0, 0.1) is 0 Å². The zero-order chi connectivity index (χ0) is 13.8. The quantitative estimate of drug-likeness (QED) is 0.636. The first kappa shape index (κ1) is 14.6. The van der Waals surface area contributed by atoms with Crippen LogP contribution in [0.4, 0.5) is 23.2 Å². The van der Waals surface area contributed by atoms with Gasteiger partial charge < -0.3 is 15.2 Å². The van der Waals surface area contributed by atoms with Gasteiger partial charge >= 0.3 is 12.3 Å². The summed E-state index contributed by atoms with van der Waals surface area (Å²) in [4.78, 5) is 0. The first-order valence-electron chi connectivity index (χ1n) is 5.03. The number of halogens is 4. The molecule has 0 aromatic heterocycles. The van der Waals surface area contributed by atoms with Crippen LogP contribution in [0.1, 0.15) is 5.56 Å². The first-order chi connectivity index (χ1) is 8.36. The van der Waals surface area contributed by atoms with Crippen LogP contribution in [0.25, 0.3) is 0 Å². The summed E-state index contributed by atoms with van der Waals surface area (Å²) in [5.74, 6) is -3.79. The lowest BCUT2D eigenvalue weighted by molar-refractivity contribution is -0.168. The van der Waals surface area contributed by atoms with Crippen molar-refractivity contribution in [3.63, 3.8) is 0 Å². The highest BCUT2D eigenvalue weighted by Gasteiger charge is 2.40. The van der Waals surface area contributed by atoms with Crippen molar-refractivity contribution in [3.8, 4) is 5.75 Å². The number of alkyl halides is 4. The van der Waals surface area contributed by atoms with Gasteiger partial charge in [0.25, 0.3) is 0 Å². The third kappa shape index (κ3) is 3.76. The maximum atomic E-state index is 12.6. The molecule has 0 unspecified atom stereocenters. The number of benzene rings is 1. The molecule has 0 fully saturated rings. The highest BCUT2D eigenvalue weighted by atomic mass is 19.3. The molecule has 0 bridgehead atoms. The van der Waals surface area contributed by atoms with Crippen LogP contribution in [0.3, 0.4) is 0 Å². The highest BCUT2D eigenvalue weighted by Crippen LogP contribution is 2.25. The average molecular weight is 267 g/mol. The van der Waals surface area contributed by atoms with E-state index in [4.69, 9.17) is 10.5 Å². The number of anilines is 1. The Labute approximate surface area is 101 Å². The molecule has 2 N–H and O–H groups in total. The van der Waals surface area contributed by atoms with Gasteiger partial charge in [0.1, 0.15) is 12.4 Å². The number of methoxy groups -OCH3 is 1. The van der Waals surface area contributed by atoms with Crippen LogP contribution in [-0.4, -0.2) is 26.1 Å². The SMILES string of the molecule is COc1cc(N)ccc1COCC(F)(F)C(F)F. The predicted octanol–water partition coefficient (Wildman–Crippen LogP) is 2.69. The summed E-state index contributed by atoms with van der Waals surface area (Å²) >= 11 is 0. The van der Waals surface area contributed by atoms with Crippen molar-refractivity contribution >= 4 is 5.69 Å². The van der Waals surface area contributed by atoms with Gasteiger partial charge in [0.2, 0.25) is 0 Å². The third-order valence-corrected chi connectivity index (χ3v) is 2.18. The average Bonchev–Trinajstić information content (AvgIpc) is 2.30. The Bertz CT molecular complexity index is 399. The molecule has 0 spiro atoms. The van der Waals surface area contributed by atoms with E-state index in [9.17, 15) is 17.6 Å². The van der Waals surface area contributed by atoms with Crippen molar-refractivity contribution in [2.24, 2.45) is 0 Å². The molecule has 0 heterocycles. The molecule has 0 amide bonds. The first-order valence-corrected chi connectivity index (χ1v) is 5.03. The van der Waals surface area contributed by atoms with E-state index < -0.39 is 19.0 Å². The smallest absolute Gasteiger partial charge is 0.330 e. The monoisotopic (exact) mass is 267 g/mol. The fourth-order valence-corrected chi connectivity index (χ4v) is 1.24. The molecule has 1 rings (SSSR count). The van der Waals surface area contributed by atoms with E-state index in [1.807, 2.05) is 0 Å². The number of ether oxygens (including phenoxy) is 2. The summed E-state index contributed by atoms with van der Waals surface area (Å²) < 4.78 is 58.4. The van der Waals surface area contributed by atoms with Gasteiger partial charge in [-0.3, -0.25) is 0 Å². The van der Waals surface area contributed by atoms with Gasteiger partial charge in [0, 0.05) is 17.3 Å². The third-order valence-electron chi connectivity index (χ3n) is 2.18. The van der Waals surface area contributed by atoms with Crippen molar-refractivity contribution in [1.82, 2.24) is 0 Å². The van der Waals surface area contributed by atoms with Crippen LogP contribution in [0.15, 0.2) is 18.2 Å². The molecule has 3 nitrogen and oxygen atoms in total. The topological polar surface area (TPSA) is 44.5 Å². The van der Waals surface area contributed by atoms with E-state index in [1.165, 1.54) is 25.3 Å². The zero-order valence-electron chi connectivity index (χ0n) is 9.63. The van der Waals surface area contributed by atoms with Gasteiger partial charge in [-0.1, -0.05) is 6.07 Å². The largest absolute Gasteiger partial charge is 0.496 e. The summed E-state index contributed by atoms with van der Waals surface area (Å²) in [6.45, 7) is -1.61. The highest BCUT2D eigenvalue weighted by molar-refractivity contribution is 5.48. The molecule has 0 aliphatic rings. The van der Waals surface area contributed by atoms with Crippen LogP contribution < -0.4 is 10.5 Å². The minimum absolute atomic E-state index is 0.258. The molecule has 0 saturated heterocycles. The Kier molecular flexibility index (Phi) is 4.77. The second-order valence-corrected chi connectivity index (χ2v) is 3.63. The molecule has 18 heavy (non-hydrogen) atoms. The standard InChI is InChI=1S/C11H13F4NO2/c1-17-9-4-8(16)3-2-7(9)5-18-6-11(14,15)10(12)13/h2-4,10H,5-6,16H2,1H3. The van der Waals surface area contributed by atoms with Gasteiger partial charge in [-0.25, -0.2) is 8.78 Å². The van der Waals surface area contributed by atoms with Crippen molar-refractivity contribution in [2.75, 3.05) is 19.5 Å². The van der Waals surface area contributed by atoms with Gasteiger partial charge in [-0.05, 0) is 6.07 Å². The van der Waals surface area contributed by atoms with Gasteiger partial charge in [-0.15, -0.1) is 0 Å². The van der Waals surface area contributed by atoms with E-state index in [1.54, 1.807) is 0 Å². The molecular formula is C11H13F4NO2. The molecule has 0 radical (unpaired) electrons. The Morgan fingerprint density at radius 3 is 2.56 bits per heavy atom. The van der Waals surface area contributed by atoms with Crippen molar-refractivity contribution in [2.45, 2.75) is 19.0 Å². The number of hydrogen-bond acceptors (Lipinski definition) is 3. The molecule has 1 aromatic rings. The van der Waals surface area contributed by atoms with E-state index in [2.05, 4.69) is 4.74 Å². The summed E-state index contributed by atoms with van der Waals surface area (Å²) in [5.41, 5.74) is 6.39. The fourth-order valence-electron chi connectivity index (χ4n) is 1.24. The van der Waals surface area contributed by atoms with Crippen LogP contribution in [0.5, 0.6) is 5.75 Å². The van der Waals surface area contributed by atoms with Crippen LogP contribution >= 0.6 is 0 Å². The lowest BCUT2D eigenvalue weighted by Gasteiger charge is -2.16. The number of hydrogen-bond donors (Lipinski definition) is 1. The Balaban J connectivity index is 2.59. The van der Waals surface area contributed by atoms with Crippen molar-refractivity contribution in [1.29, 1.82) is 0 Å². The summed E-state index contributed by atoms with van der Waals surface area (Å²) in [5, 5.41) is 0. The molecule has 0 atom stereocenters. The number of nitrogens with two attached hydrogens (primary N) is 1. The minimum atomic E-state index is -4.15. The lowest BCUT2D eigenvalue weighted by Crippen LogP contribution is -2.32. The number of rotatable bonds is 6. The molecule has 1 aromatic carbocycles. The maximum Gasteiger partial charge on any atom is 0.330 e. The summed E-state index contributed by atoms with van der Waals surface area (Å²) in [7, 11) is 1.38. The Morgan fingerprint density at radius 2 is 2.00 bits per heavy atom. The van der Waals surface area contributed by atoms with Gasteiger partial charge in [0.05, 0.1) is 13.7 Å². The summed E-state index contributed by atoms with van der Waals surface area (Å²) in [6, 6.07) is 4.55. The summed E-state index contributed by atoms with van der Waals surface area (Å²) in [6.07, 6.45) is -3.74. The minimum Gasteiger partial charge on any atom is -0.496 e. The normalized spacial score (nSPS) is 11.9. The van der Waals surface area contributed by atoms with E-state index >= 15 is 0 Å². The van der Waals surface area contributed by atoms with Crippen LogP contribution in [0.2, 0.25) is 0 Å². The van der Waals surface area contributed by atoms with Crippen molar-refractivity contribution in [3.05, 3.63) is 23.8 Å². The second kappa shape index (κ2) is 5.90. The van der Waals surface area contributed by atoms with Gasteiger partial charge in [0.15, 0.2) is 0 Å². The molecule has 0 saturated carbocycles. The molecule has 7 heteroatoms. The fraction of sp³-hybridized carbons (Fsp3) is 0.455. The maximum absolute atomic E-state index is 12.6. The van der Waals surface area contributed by atoms with Crippen LogP contribution in [-0.2, 0) is 11.3 Å². The second-order valence-electron chi connectivity index (χ2n) is 3.63. The zero-order valence-corrected chi connectivity index (χ0v) is 9.63. The predicted molar refractivity (Wildman–Crippen MR) is 58.0 cm³/mol. The van der Waals surface area contributed by atoms with E-state index in [0.717, 1.165) is 0 Å². The van der Waals surface area contributed by atoms with E-state index in [-0.39, 0.29) is 6.61 Å². The Morgan fingerprint density at radius 1 is 1.33 bits per heavy atom. The number of nitrogen functional groups attached to an aromatic ring is 1. The van der Waals surface area contributed by atoms with Crippen molar-refractivity contribution < 1.29 is 27.0 Å². The lowest BCUT2D eigenvalue weighted by atomic mass is 10.2. The molecule has 0 aliphatic heterocycles. The van der Waals surface area contributed by atoms with Gasteiger partial charge in [-0.2, -0.15) is 8.78 Å².